The van der Waals surface area contributed by atoms with Crippen LogP contribution in [0.5, 0.6) is 0 Å². The molecule has 9 heteroatoms. The minimum Gasteiger partial charge on any atom is -0.464 e. The topological polar surface area (TPSA) is 101 Å². The molecule has 150 valence electrons. The number of Topliss-reactive ketones (excluding diaryl/α,β-unsaturated/α-hetero) is 1. The number of esters is 1. The van der Waals surface area contributed by atoms with E-state index in [4.69, 9.17) is 4.74 Å². The molecular weight excluding hydrogens is 396 g/mol. The molecule has 0 spiro atoms. The number of carbonyl (C=O) groups excluding carboxylic acids is 5. The minimum absolute atomic E-state index is 0.0602. The molecule has 29 heavy (non-hydrogen) atoms. The normalized spacial score (nSPS) is 27.8. The third-order valence-corrected chi connectivity index (χ3v) is 7.24. The van der Waals surface area contributed by atoms with Gasteiger partial charge >= 0.3 is 5.97 Å². The Bertz CT molecular complexity index is 999. The van der Waals surface area contributed by atoms with E-state index in [-0.39, 0.29) is 29.3 Å². The van der Waals surface area contributed by atoms with Gasteiger partial charge in [-0.15, -0.1) is 11.8 Å². The second-order valence-corrected chi connectivity index (χ2v) is 8.27. The summed E-state index contributed by atoms with van der Waals surface area (Å²) in [5, 5.41) is 0. The fourth-order valence-electron chi connectivity index (χ4n) is 4.06. The van der Waals surface area contributed by atoms with Crippen LogP contribution >= 0.6 is 11.8 Å². The van der Waals surface area contributed by atoms with Gasteiger partial charge in [0, 0.05) is 17.5 Å². The van der Waals surface area contributed by atoms with Gasteiger partial charge in [-0.2, -0.15) is 0 Å². The predicted octanol–water partition coefficient (Wildman–Crippen LogP) is 1.36. The number of nitrogens with zero attached hydrogens (tertiary/aromatic N) is 2. The number of carbonyl (C=O) groups is 5. The average Bonchev–Trinajstić information content (AvgIpc) is 2.97. The highest BCUT2D eigenvalue weighted by molar-refractivity contribution is 8.01. The number of amides is 3. The average molecular weight is 414 g/mol. The molecule has 4 rings (SSSR count). The maximum Gasteiger partial charge on any atom is 0.346 e. The molecule has 3 aliphatic rings. The number of imide groups is 1. The molecule has 0 radical (unpaired) electrons. The van der Waals surface area contributed by atoms with Crippen molar-refractivity contribution in [2.45, 2.75) is 31.2 Å². The van der Waals surface area contributed by atoms with E-state index in [0.29, 0.717) is 5.57 Å². The monoisotopic (exact) mass is 414 g/mol. The molecule has 1 aromatic carbocycles. The van der Waals surface area contributed by atoms with E-state index in [1.807, 2.05) is 0 Å². The van der Waals surface area contributed by atoms with Gasteiger partial charge in [0.1, 0.15) is 0 Å². The maximum atomic E-state index is 13.2. The summed E-state index contributed by atoms with van der Waals surface area (Å²) >= 11 is 1.02. The molecule has 1 fully saturated rings. The quantitative estimate of drug-likeness (QED) is 0.417. The zero-order valence-corrected chi connectivity index (χ0v) is 16.9. The molecule has 3 heterocycles. The van der Waals surface area contributed by atoms with E-state index in [9.17, 15) is 24.0 Å². The number of β-lactam (4-membered cyclic amide) rings is 1. The van der Waals surface area contributed by atoms with E-state index >= 15 is 0 Å². The van der Waals surface area contributed by atoms with Gasteiger partial charge in [-0.25, -0.2) is 4.79 Å². The van der Waals surface area contributed by atoms with E-state index in [0.717, 1.165) is 21.6 Å². The third-order valence-electron chi connectivity index (χ3n) is 5.60. The number of ether oxygens (including phenoxy) is 1. The summed E-state index contributed by atoms with van der Waals surface area (Å²) in [5.41, 5.74) is -1.04. The highest BCUT2D eigenvalue weighted by atomic mass is 32.2. The molecule has 0 N–H and O–H groups in total. The fourth-order valence-corrected chi connectivity index (χ4v) is 5.61. The van der Waals surface area contributed by atoms with Gasteiger partial charge in [-0.05, 0) is 32.9 Å². The Morgan fingerprint density at radius 2 is 1.72 bits per heavy atom. The number of rotatable bonds is 4. The summed E-state index contributed by atoms with van der Waals surface area (Å²) in [5.74, 6) is -2.69. The summed E-state index contributed by atoms with van der Waals surface area (Å²) < 4.78 is 5.24. The largest absolute Gasteiger partial charge is 0.464 e. The van der Waals surface area contributed by atoms with E-state index in [2.05, 4.69) is 0 Å². The Labute approximate surface area is 170 Å². The first-order chi connectivity index (χ1) is 13.7. The summed E-state index contributed by atoms with van der Waals surface area (Å²) in [6, 6.07) is 6.28. The lowest BCUT2D eigenvalue weighted by Gasteiger charge is -2.62. The summed E-state index contributed by atoms with van der Waals surface area (Å²) in [6.07, 6.45) is 1.33. The Kier molecular flexibility index (Phi) is 4.20. The molecule has 1 saturated heterocycles. The van der Waals surface area contributed by atoms with Crippen LogP contribution in [0, 0.1) is 0 Å². The van der Waals surface area contributed by atoms with Crippen LogP contribution in [0.25, 0.3) is 0 Å². The van der Waals surface area contributed by atoms with Crippen molar-refractivity contribution in [1.29, 1.82) is 0 Å². The van der Waals surface area contributed by atoms with Crippen molar-refractivity contribution in [1.82, 2.24) is 9.80 Å². The zero-order valence-electron chi connectivity index (χ0n) is 16.1. The minimum atomic E-state index is -1.78. The molecule has 2 unspecified atom stereocenters. The van der Waals surface area contributed by atoms with Crippen LogP contribution in [-0.4, -0.2) is 62.0 Å². The van der Waals surface area contributed by atoms with Gasteiger partial charge in [0.25, 0.3) is 17.7 Å². The smallest absolute Gasteiger partial charge is 0.346 e. The SMILES string of the molecule is CCOC(=O)C12SCC(C(C)=O)=CN1C(=O)C2(C)N1C(=O)c2ccccc2C1=O. The molecule has 3 amide bonds. The summed E-state index contributed by atoms with van der Waals surface area (Å²) in [4.78, 5) is 64.6. The first kappa shape index (κ1) is 19.4. The van der Waals surface area contributed by atoms with Gasteiger partial charge in [0.2, 0.25) is 4.87 Å². The molecule has 1 aromatic rings. The van der Waals surface area contributed by atoms with Crippen LogP contribution in [0.15, 0.2) is 36.0 Å². The highest BCUT2D eigenvalue weighted by Crippen LogP contribution is 2.57. The van der Waals surface area contributed by atoms with E-state index < -0.39 is 34.1 Å². The molecule has 0 bridgehead atoms. The molecular formula is C20H18N2O6S. The molecule has 0 aliphatic carbocycles. The van der Waals surface area contributed by atoms with Crippen molar-refractivity contribution < 1.29 is 28.7 Å². The number of thioether (sulfide) groups is 1. The van der Waals surface area contributed by atoms with Crippen LogP contribution < -0.4 is 0 Å². The number of benzene rings is 1. The molecule has 2 atom stereocenters. The lowest BCUT2D eigenvalue weighted by atomic mass is 9.77. The first-order valence-corrected chi connectivity index (χ1v) is 10.0. The number of hydrogen-bond donors (Lipinski definition) is 0. The van der Waals surface area contributed by atoms with Crippen LogP contribution in [-0.2, 0) is 19.1 Å². The van der Waals surface area contributed by atoms with Gasteiger partial charge < -0.3 is 4.74 Å². The summed E-state index contributed by atoms with van der Waals surface area (Å²) in [6.45, 7) is 4.47. The highest BCUT2D eigenvalue weighted by Gasteiger charge is 2.79. The van der Waals surface area contributed by atoms with Gasteiger partial charge in [-0.3, -0.25) is 29.0 Å². The van der Waals surface area contributed by atoms with Crippen molar-refractivity contribution in [2.24, 2.45) is 0 Å². The molecule has 3 aliphatic heterocycles. The van der Waals surface area contributed by atoms with Crippen LogP contribution in [0.2, 0.25) is 0 Å². The lowest BCUT2D eigenvalue weighted by Crippen LogP contribution is -2.87. The Morgan fingerprint density at radius 3 is 2.24 bits per heavy atom. The Hall–Kier alpha value is -2.94. The standard InChI is InChI=1S/C20H18N2O6S/c1-4-28-18(27)20-19(3,17(26)21(20)9-12(10-29-20)11(2)23)22-15(24)13-7-5-6-8-14(13)16(22)25/h5-9H,4,10H2,1-3H3. The van der Waals surface area contributed by atoms with Crippen molar-refractivity contribution >= 4 is 41.2 Å². The van der Waals surface area contributed by atoms with Crippen LogP contribution in [0.3, 0.4) is 0 Å². The maximum absolute atomic E-state index is 13.2. The Morgan fingerprint density at radius 1 is 1.14 bits per heavy atom. The van der Waals surface area contributed by atoms with Crippen molar-refractivity contribution in [3.05, 3.63) is 47.2 Å². The van der Waals surface area contributed by atoms with E-state index in [1.165, 1.54) is 32.2 Å². The van der Waals surface area contributed by atoms with Crippen molar-refractivity contribution in [2.75, 3.05) is 12.4 Å². The predicted molar refractivity (Wildman–Crippen MR) is 103 cm³/mol. The number of hydrogen-bond acceptors (Lipinski definition) is 7. The van der Waals surface area contributed by atoms with Crippen LogP contribution in [0.1, 0.15) is 41.5 Å². The Balaban J connectivity index is 1.86. The molecule has 0 saturated carbocycles. The second-order valence-electron chi connectivity index (χ2n) is 7.10. The van der Waals surface area contributed by atoms with Crippen LogP contribution in [0.4, 0.5) is 0 Å². The zero-order chi connectivity index (χ0) is 21.1. The lowest BCUT2D eigenvalue weighted by molar-refractivity contribution is -0.184. The second kappa shape index (κ2) is 6.28. The van der Waals surface area contributed by atoms with Gasteiger partial charge in [0.15, 0.2) is 11.3 Å². The molecule has 0 aromatic heterocycles. The number of ketones is 1. The fraction of sp³-hybridized carbons (Fsp3) is 0.350. The molecule has 8 nitrogen and oxygen atoms in total. The number of fused-ring (bicyclic) bond motifs is 2. The van der Waals surface area contributed by atoms with Gasteiger partial charge in [0.05, 0.1) is 17.7 Å². The van der Waals surface area contributed by atoms with Gasteiger partial charge in [-0.1, -0.05) is 12.1 Å². The summed E-state index contributed by atoms with van der Waals surface area (Å²) in [7, 11) is 0. The van der Waals surface area contributed by atoms with Crippen molar-refractivity contribution in [3.63, 3.8) is 0 Å². The van der Waals surface area contributed by atoms with Crippen molar-refractivity contribution in [3.8, 4) is 0 Å². The third kappa shape index (κ3) is 2.19. The first-order valence-electron chi connectivity index (χ1n) is 9.06. The van der Waals surface area contributed by atoms with E-state index in [1.54, 1.807) is 19.1 Å².